The van der Waals surface area contributed by atoms with E-state index in [0.29, 0.717) is 6.04 Å². The maximum atomic E-state index is 3.41. The van der Waals surface area contributed by atoms with Gasteiger partial charge in [-0.25, -0.2) is 0 Å². The van der Waals surface area contributed by atoms with Gasteiger partial charge in [-0.2, -0.15) is 0 Å². The maximum Gasteiger partial charge on any atom is 0.0133 e. The van der Waals surface area contributed by atoms with Gasteiger partial charge in [0.15, 0.2) is 0 Å². The summed E-state index contributed by atoms with van der Waals surface area (Å²) in [5.41, 5.74) is 1.50. The fraction of sp³-hybridized carbons (Fsp3) is 0.500. The van der Waals surface area contributed by atoms with Gasteiger partial charge in [-0.15, -0.1) is 0 Å². The fourth-order valence-corrected chi connectivity index (χ4v) is 2.40. The molecule has 0 heterocycles. The number of hydrogen-bond donors (Lipinski definition) is 1. The zero-order valence-corrected chi connectivity index (χ0v) is 8.16. The van der Waals surface area contributed by atoms with Gasteiger partial charge in [-0.3, -0.25) is 0 Å². The number of rotatable bonds is 2. The third-order valence-corrected chi connectivity index (χ3v) is 3.11. The quantitative estimate of drug-likeness (QED) is 0.728. The lowest BCUT2D eigenvalue weighted by atomic mass is 9.94. The van der Waals surface area contributed by atoms with Crippen LogP contribution in [0.15, 0.2) is 30.3 Å². The second-order valence-electron chi connectivity index (χ2n) is 3.84. The van der Waals surface area contributed by atoms with E-state index in [0.717, 1.165) is 5.92 Å². The van der Waals surface area contributed by atoms with E-state index in [4.69, 9.17) is 0 Å². The van der Waals surface area contributed by atoms with Gasteiger partial charge in [0.05, 0.1) is 0 Å². The van der Waals surface area contributed by atoms with Crippen LogP contribution < -0.4 is 5.32 Å². The van der Waals surface area contributed by atoms with Gasteiger partial charge in [-0.1, -0.05) is 36.8 Å². The monoisotopic (exact) mass is 175 g/mol. The Labute approximate surface area is 80.2 Å². The van der Waals surface area contributed by atoms with E-state index in [-0.39, 0.29) is 0 Å². The lowest BCUT2D eigenvalue weighted by Gasteiger charge is -2.18. The Morgan fingerprint density at radius 2 is 1.92 bits per heavy atom. The molecule has 1 saturated carbocycles. The van der Waals surface area contributed by atoms with Crippen LogP contribution in [0.5, 0.6) is 0 Å². The molecule has 1 nitrogen and oxygen atoms in total. The molecular weight excluding hydrogens is 158 g/mol. The lowest BCUT2D eigenvalue weighted by Crippen LogP contribution is -2.27. The smallest absolute Gasteiger partial charge is 0.0133 e. The minimum Gasteiger partial charge on any atom is -0.316 e. The van der Waals surface area contributed by atoms with Crippen molar-refractivity contribution in [1.82, 2.24) is 5.32 Å². The Hall–Kier alpha value is -0.820. The van der Waals surface area contributed by atoms with Gasteiger partial charge < -0.3 is 5.32 Å². The van der Waals surface area contributed by atoms with E-state index in [9.17, 15) is 0 Å². The molecule has 1 heteroatoms. The largest absolute Gasteiger partial charge is 0.316 e. The highest BCUT2D eigenvalue weighted by molar-refractivity contribution is 5.22. The highest BCUT2D eigenvalue weighted by Gasteiger charge is 2.26. The van der Waals surface area contributed by atoms with Crippen LogP contribution in [0.2, 0.25) is 0 Å². The summed E-state index contributed by atoms with van der Waals surface area (Å²) in [4.78, 5) is 0. The molecule has 2 rings (SSSR count). The molecule has 0 aliphatic heterocycles. The van der Waals surface area contributed by atoms with Crippen molar-refractivity contribution < 1.29 is 0 Å². The molecule has 1 N–H and O–H groups in total. The third kappa shape index (κ3) is 1.75. The molecule has 0 unspecified atom stereocenters. The van der Waals surface area contributed by atoms with Crippen molar-refractivity contribution in [2.24, 2.45) is 0 Å². The van der Waals surface area contributed by atoms with Crippen molar-refractivity contribution in [3.8, 4) is 0 Å². The van der Waals surface area contributed by atoms with E-state index in [2.05, 4.69) is 42.7 Å². The average Bonchev–Trinajstić information content (AvgIpc) is 2.67. The molecule has 70 valence electrons. The first-order valence-electron chi connectivity index (χ1n) is 5.14. The molecule has 0 aromatic heterocycles. The van der Waals surface area contributed by atoms with Crippen LogP contribution >= 0.6 is 0 Å². The Balaban J connectivity index is 2.16. The zero-order chi connectivity index (χ0) is 9.10. The highest BCUT2D eigenvalue weighted by Crippen LogP contribution is 2.33. The SMILES string of the molecule is CN[C@H]1CCC[C@H]1c1ccccc1. The van der Waals surface area contributed by atoms with E-state index >= 15 is 0 Å². The summed E-state index contributed by atoms with van der Waals surface area (Å²) in [7, 11) is 2.08. The predicted octanol–water partition coefficient (Wildman–Crippen LogP) is 2.54. The molecular formula is C12H17N. The van der Waals surface area contributed by atoms with Crippen molar-refractivity contribution >= 4 is 0 Å². The highest BCUT2D eigenvalue weighted by atomic mass is 14.9. The standard InChI is InChI=1S/C12H17N/c1-13-12-9-5-8-11(12)10-6-3-2-4-7-10/h2-4,6-7,11-13H,5,8-9H2,1H3/t11-,12-/m0/s1. The second kappa shape index (κ2) is 3.93. The van der Waals surface area contributed by atoms with Crippen molar-refractivity contribution in [3.63, 3.8) is 0 Å². The van der Waals surface area contributed by atoms with Crippen LogP contribution in [0.1, 0.15) is 30.7 Å². The molecule has 0 amide bonds. The summed E-state index contributed by atoms with van der Waals surface area (Å²) < 4.78 is 0. The molecule has 2 atom stereocenters. The van der Waals surface area contributed by atoms with Gasteiger partial charge in [0.2, 0.25) is 0 Å². The summed E-state index contributed by atoms with van der Waals surface area (Å²) >= 11 is 0. The second-order valence-corrected chi connectivity index (χ2v) is 3.84. The zero-order valence-electron chi connectivity index (χ0n) is 8.16. The van der Waals surface area contributed by atoms with Gasteiger partial charge in [-0.05, 0) is 31.4 Å². The Morgan fingerprint density at radius 1 is 1.15 bits per heavy atom. The predicted molar refractivity (Wildman–Crippen MR) is 55.9 cm³/mol. The Bertz CT molecular complexity index is 255. The molecule has 1 aliphatic carbocycles. The normalized spacial score (nSPS) is 27.8. The molecule has 0 radical (unpaired) electrons. The minimum atomic E-state index is 0.697. The van der Waals surface area contributed by atoms with Gasteiger partial charge in [0, 0.05) is 6.04 Å². The Kier molecular flexibility index (Phi) is 2.65. The summed E-state index contributed by atoms with van der Waals surface area (Å²) in [5, 5.41) is 3.41. The first kappa shape index (κ1) is 8.76. The molecule has 1 aliphatic rings. The first-order valence-corrected chi connectivity index (χ1v) is 5.14. The summed E-state index contributed by atoms with van der Waals surface area (Å²) in [5.74, 6) is 0.742. The van der Waals surface area contributed by atoms with Crippen LogP contribution in [0, 0.1) is 0 Å². The van der Waals surface area contributed by atoms with E-state index in [1.165, 1.54) is 24.8 Å². The average molecular weight is 175 g/mol. The maximum absolute atomic E-state index is 3.41. The third-order valence-electron chi connectivity index (χ3n) is 3.11. The van der Waals surface area contributed by atoms with Crippen LogP contribution in [-0.4, -0.2) is 13.1 Å². The van der Waals surface area contributed by atoms with Gasteiger partial charge in [0.1, 0.15) is 0 Å². The van der Waals surface area contributed by atoms with Crippen molar-refractivity contribution in [3.05, 3.63) is 35.9 Å². The molecule has 0 saturated heterocycles. The van der Waals surface area contributed by atoms with Crippen LogP contribution in [0.3, 0.4) is 0 Å². The number of hydrogen-bond acceptors (Lipinski definition) is 1. The topological polar surface area (TPSA) is 12.0 Å². The fourth-order valence-electron chi connectivity index (χ4n) is 2.40. The minimum absolute atomic E-state index is 0.697. The first-order chi connectivity index (χ1) is 6.42. The van der Waals surface area contributed by atoms with E-state index in [1.54, 1.807) is 0 Å². The summed E-state index contributed by atoms with van der Waals surface area (Å²) in [6.07, 6.45) is 4.04. The molecule has 13 heavy (non-hydrogen) atoms. The molecule has 0 spiro atoms. The molecule has 1 aromatic carbocycles. The van der Waals surface area contributed by atoms with E-state index in [1.807, 2.05) is 0 Å². The Morgan fingerprint density at radius 3 is 2.62 bits per heavy atom. The number of nitrogens with one attached hydrogen (secondary N) is 1. The van der Waals surface area contributed by atoms with Crippen molar-refractivity contribution in [1.29, 1.82) is 0 Å². The summed E-state index contributed by atoms with van der Waals surface area (Å²) in [6.45, 7) is 0. The van der Waals surface area contributed by atoms with Crippen LogP contribution in [0.4, 0.5) is 0 Å². The molecule has 1 fully saturated rings. The molecule has 1 aromatic rings. The van der Waals surface area contributed by atoms with Gasteiger partial charge in [0.25, 0.3) is 0 Å². The molecule has 0 bridgehead atoms. The van der Waals surface area contributed by atoms with Crippen LogP contribution in [0.25, 0.3) is 0 Å². The summed E-state index contributed by atoms with van der Waals surface area (Å²) in [6, 6.07) is 11.6. The van der Waals surface area contributed by atoms with Gasteiger partial charge >= 0.3 is 0 Å². The van der Waals surface area contributed by atoms with Crippen molar-refractivity contribution in [2.75, 3.05) is 7.05 Å². The van der Waals surface area contributed by atoms with Crippen molar-refractivity contribution in [2.45, 2.75) is 31.2 Å². The van der Waals surface area contributed by atoms with Crippen LogP contribution in [-0.2, 0) is 0 Å². The van der Waals surface area contributed by atoms with E-state index < -0.39 is 0 Å². The lowest BCUT2D eigenvalue weighted by molar-refractivity contribution is 0.522. The number of likely N-dealkylation sites (N-methyl/N-ethyl adjacent to an activating group) is 1. The number of benzene rings is 1.